The van der Waals surface area contributed by atoms with E-state index in [1.165, 1.54) is 6.08 Å². The van der Waals surface area contributed by atoms with Gasteiger partial charge in [0.2, 0.25) is 0 Å². The van der Waals surface area contributed by atoms with Gasteiger partial charge < -0.3 is 0 Å². The predicted molar refractivity (Wildman–Crippen MR) is 121 cm³/mol. The van der Waals surface area contributed by atoms with Crippen molar-refractivity contribution in [1.29, 1.82) is 0 Å². The zero-order chi connectivity index (χ0) is 21.8. The predicted octanol–water partition coefficient (Wildman–Crippen LogP) is 5.02. The number of halogens is 1. The molecular weight excluding hydrogens is 456 g/mol. The van der Waals surface area contributed by atoms with Crippen LogP contribution in [0.3, 0.4) is 0 Å². The van der Waals surface area contributed by atoms with Gasteiger partial charge in [-0.05, 0) is 34.9 Å². The summed E-state index contributed by atoms with van der Waals surface area (Å²) in [5.74, 6) is -1.19. The first-order valence-electron chi connectivity index (χ1n) is 9.76. The van der Waals surface area contributed by atoms with Crippen LogP contribution in [0.15, 0.2) is 95.0 Å². The first-order valence-corrected chi connectivity index (χ1v) is 10.5. The second-order valence-electron chi connectivity index (χ2n) is 7.15. The van der Waals surface area contributed by atoms with Crippen LogP contribution >= 0.6 is 15.9 Å². The first-order chi connectivity index (χ1) is 15.0. The average Bonchev–Trinajstić information content (AvgIpc) is 2.79. The summed E-state index contributed by atoms with van der Waals surface area (Å²) in [5, 5.41) is 0. The number of hydrogen-bond donors (Lipinski definition) is 0. The molecule has 6 heteroatoms. The van der Waals surface area contributed by atoms with E-state index in [1.807, 2.05) is 78.9 Å². The highest BCUT2D eigenvalue weighted by Gasteiger charge is 2.41. The third-order valence-corrected chi connectivity index (χ3v) is 5.43. The molecule has 0 radical (unpaired) electrons. The largest absolute Gasteiger partial charge is 0.334 e. The molecule has 0 aliphatic carbocycles. The number of carbonyl (C=O) groups is 3. The molecule has 0 atom stereocenters. The van der Waals surface area contributed by atoms with Gasteiger partial charge in [-0.15, -0.1) is 0 Å². The van der Waals surface area contributed by atoms with Crippen LogP contribution in [0.1, 0.15) is 16.7 Å². The Labute approximate surface area is 188 Å². The van der Waals surface area contributed by atoms with Gasteiger partial charge in [0.1, 0.15) is 5.57 Å². The summed E-state index contributed by atoms with van der Waals surface area (Å²) in [6.07, 6.45) is 1.54. The first kappa shape index (κ1) is 20.8. The summed E-state index contributed by atoms with van der Waals surface area (Å²) < 4.78 is 0.830. The molecule has 4 amide bonds. The molecule has 154 valence electrons. The van der Waals surface area contributed by atoms with Crippen molar-refractivity contribution in [2.24, 2.45) is 0 Å². The lowest BCUT2D eigenvalue weighted by Gasteiger charge is -2.34. The molecule has 31 heavy (non-hydrogen) atoms. The lowest BCUT2D eigenvalue weighted by Crippen LogP contribution is -2.55. The minimum absolute atomic E-state index is 0.0374. The Morgan fingerprint density at radius 2 is 1.19 bits per heavy atom. The number of carbonyl (C=O) groups excluding carboxylic acids is 3. The second kappa shape index (κ2) is 9.10. The Hall–Kier alpha value is -3.51. The van der Waals surface area contributed by atoms with Crippen molar-refractivity contribution in [3.8, 4) is 0 Å². The van der Waals surface area contributed by atoms with Gasteiger partial charge in [-0.1, -0.05) is 88.7 Å². The van der Waals surface area contributed by atoms with Crippen molar-refractivity contribution >= 4 is 39.9 Å². The van der Waals surface area contributed by atoms with Crippen molar-refractivity contribution in [2.45, 2.75) is 13.1 Å². The van der Waals surface area contributed by atoms with Gasteiger partial charge in [-0.2, -0.15) is 0 Å². The van der Waals surface area contributed by atoms with E-state index >= 15 is 0 Å². The molecule has 0 aromatic heterocycles. The Morgan fingerprint density at radius 1 is 0.677 bits per heavy atom. The minimum atomic E-state index is -0.617. The van der Waals surface area contributed by atoms with E-state index in [4.69, 9.17) is 0 Å². The van der Waals surface area contributed by atoms with Crippen LogP contribution in [0.5, 0.6) is 0 Å². The normalized spacial score (nSPS) is 14.2. The SMILES string of the molecule is O=C1C(=Cc2cccc(Br)c2)C(=O)N(Cc2ccccc2)C(=O)N1Cc1ccccc1. The maximum atomic E-state index is 13.2. The number of barbiturate groups is 1. The molecule has 5 nitrogen and oxygen atoms in total. The van der Waals surface area contributed by atoms with Gasteiger partial charge >= 0.3 is 6.03 Å². The van der Waals surface area contributed by atoms with E-state index in [9.17, 15) is 14.4 Å². The van der Waals surface area contributed by atoms with Crippen molar-refractivity contribution in [1.82, 2.24) is 9.80 Å². The van der Waals surface area contributed by atoms with Crippen molar-refractivity contribution in [3.63, 3.8) is 0 Å². The van der Waals surface area contributed by atoms with E-state index in [2.05, 4.69) is 15.9 Å². The van der Waals surface area contributed by atoms with Gasteiger partial charge in [0.25, 0.3) is 11.8 Å². The Bertz CT molecular complexity index is 1090. The highest BCUT2D eigenvalue weighted by Crippen LogP contribution is 2.24. The van der Waals surface area contributed by atoms with E-state index < -0.39 is 17.8 Å². The third kappa shape index (κ3) is 4.64. The topological polar surface area (TPSA) is 57.7 Å². The number of urea groups is 1. The number of amides is 4. The van der Waals surface area contributed by atoms with E-state index in [-0.39, 0.29) is 18.7 Å². The van der Waals surface area contributed by atoms with Gasteiger partial charge in [0, 0.05) is 4.47 Å². The van der Waals surface area contributed by atoms with Crippen LogP contribution < -0.4 is 0 Å². The standard InChI is InChI=1S/C25H19BrN2O3/c26-21-13-7-12-20(14-21)15-22-23(29)27(16-18-8-3-1-4-9-18)25(31)28(24(22)30)17-19-10-5-2-6-11-19/h1-15H,16-17H2. The molecule has 0 saturated carbocycles. The molecule has 1 aliphatic rings. The summed E-state index contributed by atoms with van der Waals surface area (Å²) in [5.41, 5.74) is 2.27. The Balaban J connectivity index is 1.73. The summed E-state index contributed by atoms with van der Waals surface area (Å²) >= 11 is 3.40. The smallest absolute Gasteiger partial charge is 0.268 e. The maximum absolute atomic E-state index is 13.2. The fraction of sp³-hybridized carbons (Fsp3) is 0.0800. The van der Waals surface area contributed by atoms with Crippen LogP contribution in [0.25, 0.3) is 6.08 Å². The molecule has 0 N–H and O–H groups in total. The lowest BCUT2D eigenvalue weighted by molar-refractivity contribution is -0.136. The van der Waals surface area contributed by atoms with Crippen molar-refractivity contribution < 1.29 is 14.4 Å². The zero-order valence-electron chi connectivity index (χ0n) is 16.6. The molecule has 3 aromatic carbocycles. The van der Waals surface area contributed by atoms with Crippen LogP contribution in [-0.2, 0) is 22.7 Å². The van der Waals surface area contributed by atoms with E-state index in [0.717, 1.165) is 25.4 Å². The molecular formula is C25H19BrN2O3. The van der Waals surface area contributed by atoms with Gasteiger partial charge in [0.15, 0.2) is 0 Å². The minimum Gasteiger partial charge on any atom is -0.268 e. The highest BCUT2D eigenvalue weighted by atomic mass is 79.9. The van der Waals surface area contributed by atoms with Gasteiger partial charge in [-0.25, -0.2) is 4.79 Å². The van der Waals surface area contributed by atoms with E-state index in [1.54, 1.807) is 6.07 Å². The quantitative estimate of drug-likeness (QED) is 0.385. The highest BCUT2D eigenvalue weighted by molar-refractivity contribution is 9.10. The number of benzene rings is 3. The fourth-order valence-electron chi connectivity index (χ4n) is 3.40. The Kier molecular flexibility index (Phi) is 6.09. The van der Waals surface area contributed by atoms with Crippen LogP contribution in [0, 0.1) is 0 Å². The average molecular weight is 475 g/mol. The van der Waals surface area contributed by atoms with Gasteiger partial charge in [-0.3, -0.25) is 19.4 Å². The molecule has 1 saturated heterocycles. The van der Waals surface area contributed by atoms with E-state index in [0.29, 0.717) is 5.56 Å². The third-order valence-electron chi connectivity index (χ3n) is 4.94. The van der Waals surface area contributed by atoms with Crippen molar-refractivity contribution in [3.05, 3.63) is 112 Å². The summed E-state index contributed by atoms with van der Waals surface area (Å²) in [4.78, 5) is 41.9. The Morgan fingerprint density at radius 3 is 1.68 bits per heavy atom. The number of imide groups is 2. The van der Waals surface area contributed by atoms with Crippen molar-refractivity contribution in [2.75, 3.05) is 0 Å². The summed E-state index contributed by atoms with van der Waals surface area (Å²) in [6, 6.07) is 25.2. The molecule has 3 aromatic rings. The number of nitrogens with zero attached hydrogens (tertiary/aromatic N) is 2. The van der Waals surface area contributed by atoms with Crippen LogP contribution in [-0.4, -0.2) is 27.6 Å². The maximum Gasteiger partial charge on any atom is 0.334 e. The molecule has 1 fully saturated rings. The monoisotopic (exact) mass is 474 g/mol. The van der Waals surface area contributed by atoms with Gasteiger partial charge in [0.05, 0.1) is 13.1 Å². The lowest BCUT2D eigenvalue weighted by atomic mass is 10.0. The zero-order valence-corrected chi connectivity index (χ0v) is 18.2. The van der Waals surface area contributed by atoms with Crippen LogP contribution in [0.4, 0.5) is 4.79 Å². The molecule has 0 bridgehead atoms. The molecule has 0 unspecified atom stereocenters. The molecule has 0 spiro atoms. The molecule has 1 aliphatic heterocycles. The second-order valence-corrected chi connectivity index (χ2v) is 8.07. The number of rotatable bonds is 5. The summed E-state index contributed by atoms with van der Waals surface area (Å²) in [6.45, 7) is 0.180. The molecule has 1 heterocycles. The summed E-state index contributed by atoms with van der Waals surface area (Å²) in [7, 11) is 0. The van der Waals surface area contributed by atoms with Crippen LogP contribution in [0.2, 0.25) is 0 Å². The fourth-order valence-corrected chi connectivity index (χ4v) is 3.82. The molecule has 4 rings (SSSR count). The number of hydrogen-bond acceptors (Lipinski definition) is 3.